The van der Waals surface area contributed by atoms with Gasteiger partial charge in [-0.25, -0.2) is 0 Å². The lowest BCUT2D eigenvalue weighted by Crippen LogP contribution is -2.21. The molecule has 0 amide bonds. The lowest BCUT2D eigenvalue weighted by atomic mass is 10.1. The maximum atomic E-state index is 6.37. The van der Waals surface area contributed by atoms with Crippen molar-refractivity contribution >= 4 is 28.6 Å². The Labute approximate surface area is 130 Å². The Bertz CT molecular complexity index is 525. The number of nitrogens with zero attached hydrogens (tertiary/aromatic N) is 1. The van der Waals surface area contributed by atoms with Crippen LogP contribution in [-0.4, -0.2) is 13.6 Å². The number of nitrogens with one attached hydrogen (secondary N) is 1. The van der Waals surface area contributed by atoms with Crippen molar-refractivity contribution in [2.45, 2.75) is 26.4 Å². The first-order valence-corrected chi connectivity index (χ1v) is 8.19. The molecule has 0 radical (unpaired) electrons. The van der Waals surface area contributed by atoms with E-state index in [1.54, 1.807) is 11.3 Å². The fraction of sp³-hybridized carbons (Fsp3) is 0.375. The summed E-state index contributed by atoms with van der Waals surface area (Å²) in [4.78, 5) is 3.63. The summed E-state index contributed by atoms with van der Waals surface area (Å²) in [6.07, 6.45) is 1.13. The van der Waals surface area contributed by atoms with Crippen molar-refractivity contribution < 1.29 is 0 Å². The molecule has 0 aliphatic heterocycles. The smallest absolute Gasteiger partial charge is 0.0519 e. The standard InChI is InChI=1S/C16H21ClN2S/c1-3-9-18-11-14-15(17)7-4-8-16(14)19(2)12-13-6-5-10-20-13/h4-8,10,18H,3,9,11-12H2,1-2H3. The SMILES string of the molecule is CCCNCc1c(Cl)cccc1N(C)Cc1cccs1. The van der Waals surface area contributed by atoms with Crippen LogP contribution in [0.1, 0.15) is 23.8 Å². The van der Waals surface area contributed by atoms with Gasteiger partial charge in [0.05, 0.1) is 6.54 Å². The summed E-state index contributed by atoms with van der Waals surface area (Å²) in [5, 5.41) is 6.39. The molecule has 108 valence electrons. The van der Waals surface area contributed by atoms with Crippen LogP contribution in [0.4, 0.5) is 5.69 Å². The van der Waals surface area contributed by atoms with Crippen LogP contribution in [-0.2, 0) is 13.1 Å². The van der Waals surface area contributed by atoms with Crippen LogP contribution in [0.15, 0.2) is 35.7 Å². The fourth-order valence-corrected chi connectivity index (χ4v) is 3.19. The monoisotopic (exact) mass is 308 g/mol. The Morgan fingerprint density at radius 1 is 1.25 bits per heavy atom. The van der Waals surface area contributed by atoms with Gasteiger partial charge in [-0.3, -0.25) is 0 Å². The van der Waals surface area contributed by atoms with E-state index in [0.717, 1.165) is 31.1 Å². The number of hydrogen-bond donors (Lipinski definition) is 1. The molecule has 4 heteroatoms. The zero-order chi connectivity index (χ0) is 14.4. The Morgan fingerprint density at radius 3 is 2.80 bits per heavy atom. The van der Waals surface area contributed by atoms with Crippen molar-refractivity contribution in [2.75, 3.05) is 18.5 Å². The van der Waals surface area contributed by atoms with Crippen LogP contribution in [0.5, 0.6) is 0 Å². The van der Waals surface area contributed by atoms with Crippen molar-refractivity contribution in [2.24, 2.45) is 0 Å². The van der Waals surface area contributed by atoms with Gasteiger partial charge < -0.3 is 10.2 Å². The molecular weight excluding hydrogens is 288 g/mol. The molecule has 0 spiro atoms. The van der Waals surface area contributed by atoms with E-state index in [1.807, 2.05) is 12.1 Å². The first-order valence-electron chi connectivity index (χ1n) is 6.94. The third-order valence-corrected chi connectivity index (χ3v) is 4.42. The number of rotatable bonds is 7. The first-order chi connectivity index (χ1) is 9.72. The van der Waals surface area contributed by atoms with Gasteiger partial charge in [0, 0.05) is 34.7 Å². The highest BCUT2D eigenvalue weighted by Crippen LogP contribution is 2.28. The molecule has 0 saturated heterocycles. The molecule has 2 aromatic rings. The Balaban J connectivity index is 2.14. The minimum Gasteiger partial charge on any atom is -0.369 e. The van der Waals surface area contributed by atoms with Gasteiger partial charge in [-0.05, 0) is 36.5 Å². The van der Waals surface area contributed by atoms with Crippen LogP contribution in [0.3, 0.4) is 0 Å². The van der Waals surface area contributed by atoms with Crippen LogP contribution in [0.2, 0.25) is 5.02 Å². The summed E-state index contributed by atoms with van der Waals surface area (Å²) in [7, 11) is 2.12. The van der Waals surface area contributed by atoms with Gasteiger partial charge in [0.25, 0.3) is 0 Å². The summed E-state index contributed by atoms with van der Waals surface area (Å²) in [5.74, 6) is 0. The van der Waals surface area contributed by atoms with Crippen LogP contribution in [0.25, 0.3) is 0 Å². The normalized spacial score (nSPS) is 10.8. The van der Waals surface area contributed by atoms with Crippen molar-refractivity contribution in [1.82, 2.24) is 5.32 Å². The third kappa shape index (κ3) is 3.98. The highest BCUT2D eigenvalue weighted by atomic mass is 35.5. The van der Waals surface area contributed by atoms with Gasteiger partial charge in [0.2, 0.25) is 0 Å². The zero-order valence-corrected chi connectivity index (χ0v) is 13.6. The molecule has 2 nitrogen and oxygen atoms in total. The summed E-state index contributed by atoms with van der Waals surface area (Å²) in [6.45, 7) is 4.92. The van der Waals surface area contributed by atoms with Crippen LogP contribution < -0.4 is 10.2 Å². The van der Waals surface area contributed by atoms with E-state index >= 15 is 0 Å². The highest BCUT2D eigenvalue weighted by Gasteiger charge is 2.11. The minimum atomic E-state index is 0.817. The van der Waals surface area contributed by atoms with Gasteiger partial charge in [-0.1, -0.05) is 30.7 Å². The van der Waals surface area contributed by atoms with Crippen molar-refractivity contribution in [3.05, 3.63) is 51.2 Å². The predicted molar refractivity (Wildman–Crippen MR) is 89.9 cm³/mol. The topological polar surface area (TPSA) is 15.3 Å². The molecule has 0 saturated carbocycles. The maximum Gasteiger partial charge on any atom is 0.0519 e. The lowest BCUT2D eigenvalue weighted by Gasteiger charge is -2.23. The van der Waals surface area contributed by atoms with Crippen molar-refractivity contribution in [3.8, 4) is 0 Å². The summed E-state index contributed by atoms with van der Waals surface area (Å²) in [6, 6.07) is 10.4. The Morgan fingerprint density at radius 2 is 2.10 bits per heavy atom. The van der Waals surface area contributed by atoms with E-state index in [-0.39, 0.29) is 0 Å². The zero-order valence-electron chi connectivity index (χ0n) is 12.0. The lowest BCUT2D eigenvalue weighted by molar-refractivity contribution is 0.674. The number of anilines is 1. The van der Waals surface area contributed by atoms with Crippen LogP contribution >= 0.6 is 22.9 Å². The molecule has 0 unspecified atom stereocenters. The molecule has 2 rings (SSSR count). The van der Waals surface area contributed by atoms with E-state index in [4.69, 9.17) is 11.6 Å². The van der Waals surface area contributed by atoms with Crippen LogP contribution in [0, 0.1) is 0 Å². The molecular formula is C16H21ClN2S. The maximum absolute atomic E-state index is 6.37. The average molecular weight is 309 g/mol. The molecule has 0 aliphatic carbocycles. The molecule has 0 aliphatic rings. The first kappa shape index (κ1) is 15.4. The van der Waals surface area contributed by atoms with Crippen molar-refractivity contribution in [3.63, 3.8) is 0 Å². The fourth-order valence-electron chi connectivity index (χ4n) is 2.19. The summed E-state index contributed by atoms with van der Waals surface area (Å²) in [5.41, 5.74) is 2.39. The average Bonchev–Trinajstić information content (AvgIpc) is 2.93. The number of hydrogen-bond acceptors (Lipinski definition) is 3. The molecule has 0 bridgehead atoms. The molecule has 0 atom stereocenters. The minimum absolute atomic E-state index is 0.817. The Kier molecular flexibility index (Phi) is 5.89. The number of halogens is 1. The predicted octanol–water partition coefficient (Wildman–Crippen LogP) is 4.54. The summed E-state index contributed by atoms with van der Waals surface area (Å²) < 4.78 is 0. The van der Waals surface area contributed by atoms with Gasteiger partial charge in [-0.15, -0.1) is 11.3 Å². The van der Waals surface area contributed by atoms with Crippen molar-refractivity contribution in [1.29, 1.82) is 0 Å². The molecule has 0 fully saturated rings. The van der Waals surface area contributed by atoms with E-state index in [1.165, 1.54) is 16.1 Å². The largest absolute Gasteiger partial charge is 0.369 e. The van der Waals surface area contributed by atoms with E-state index < -0.39 is 0 Å². The molecule has 1 aromatic heterocycles. The highest BCUT2D eigenvalue weighted by molar-refractivity contribution is 7.09. The second-order valence-corrected chi connectivity index (χ2v) is 6.29. The van der Waals surface area contributed by atoms with Gasteiger partial charge in [-0.2, -0.15) is 0 Å². The molecule has 1 heterocycles. The second kappa shape index (κ2) is 7.67. The number of thiophene rings is 1. The summed E-state index contributed by atoms with van der Waals surface area (Å²) >= 11 is 8.16. The van der Waals surface area contributed by atoms with E-state index in [2.05, 4.69) is 47.8 Å². The number of benzene rings is 1. The Hall–Kier alpha value is -1.03. The van der Waals surface area contributed by atoms with Gasteiger partial charge in [0.1, 0.15) is 0 Å². The van der Waals surface area contributed by atoms with E-state index in [9.17, 15) is 0 Å². The molecule has 1 aromatic carbocycles. The van der Waals surface area contributed by atoms with Gasteiger partial charge in [0.15, 0.2) is 0 Å². The van der Waals surface area contributed by atoms with E-state index in [0.29, 0.717) is 0 Å². The molecule has 1 N–H and O–H groups in total. The van der Waals surface area contributed by atoms with Gasteiger partial charge >= 0.3 is 0 Å². The quantitative estimate of drug-likeness (QED) is 0.756. The third-order valence-electron chi connectivity index (χ3n) is 3.21. The second-order valence-electron chi connectivity index (χ2n) is 4.85. The molecule has 20 heavy (non-hydrogen) atoms.